The Kier molecular flexibility index (Phi) is 5.31. The summed E-state index contributed by atoms with van der Waals surface area (Å²) in [5.74, 6) is -0.426. The highest BCUT2D eigenvalue weighted by atomic mass is 32.2. The van der Waals surface area contributed by atoms with E-state index in [0.29, 0.717) is 26.3 Å². The molecular formula is C17H21N3O4S. The summed E-state index contributed by atoms with van der Waals surface area (Å²) in [5, 5.41) is 4.10. The lowest BCUT2D eigenvalue weighted by atomic mass is 10.2. The van der Waals surface area contributed by atoms with Crippen LogP contribution in [-0.2, 0) is 14.8 Å². The number of nitrogens with one attached hydrogen (secondary N) is 1. The first-order valence-corrected chi connectivity index (χ1v) is 9.63. The van der Waals surface area contributed by atoms with Gasteiger partial charge in [-0.2, -0.15) is 9.41 Å². The molecule has 1 aliphatic heterocycles. The van der Waals surface area contributed by atoms with Gasteiger partial charge in [0, 0.05) is 18.7 Å². The van der Waals surface area contributed by atoms with Gasteiger partial charge < -0.3 is 4.74 Å². The van der Waals surface area contributed by atoms with Crippen LogP contribution in [0.15, 0.2) is 45.9 Å². The zero-order valence-electron chi connectivity index (χ0n) is 14.1. The molecule has 0 atom stereocenters. The van der Waals surface area contributed by atoms with Gasteiger partial charge in [-0.25, -0.2) is 13.8 Å². The molecule has 0 radical (unpaired) electrons. The highest BCUT2D eigenvalue weighted by Gasteiger charge is 2.26. The summed E-state index contributed by atoms with van der Waals surface area (Å²) in [6, 6.07) is 6.02. The van der Waals surface area contributed by atoms with Crippen LogP contribution in [-0.4, -0.2) is 50.6 Å². The zero-order valence-corrected chi connectivity index (χ0v) is 14.9. The predicted octanol–water partition coefficient (Wildman–Crippen LogP) is 1.53. The molecule has 1 saturated heterocycles. The van der Waals surface area contributed by atoms with Crippen LogP contribution in [0.4, 0.5) is 0 Å². The topological polar surface area (TPSA) is 88.1 Å². The van der Waals surface area contributed by atoms with Gasteiger partial charge in [0.05, 0.1) is 23.8 Å². The van der Waals surface area contributed by atoms with Crippen molar-refractivity contribution in [3.05, 3.63) is 41.5 Å². The fourth-order valence-electron chi connectivity index (χ4n) is 2.76. The van der Waals surface area contributed by atoms with Crippen molar-refractivity contribution in [2.24, 2.45) is 5.10 Å². The van der Waals surface area contributed by atoms with Crippen molar-refractivity contribution >= 4 is 21.6 Å². The van der Waals surface area contributed by atoms with E-state index in [9.17, 15) is 13.2 Å². The minimum atomic E-state index is -3.63. The molecule has 134 valence electrons. The number of morpholine rings is 1. The molecule has 2 aliphatic rings. The van der Waals surface area contributed by atoms with E-state index in [1.807, 2.05) is 13.0 Å². The normalized spacial score (nSPS) is 20.5. The second-order valence-electron chi connectivity index (χ2n) is 6.08. The van der Waals surface area contributed by atoms with Gasteiger partial charge in [0.1, 0.15) is 0 Å². The average molecular weight is 363 g/mol. The molecule has 7 nitrogen and oxygen atoms in total. The Morgan fingerprint density at radius 3 is 2.68 bits per heavy atom. The average Bonchev–Trinajstić information content (AvgIpc) is 3.06. The number of rotatable bonds is 4. The smallest absolute Gasteiger partial charge is 0.271 e. The summed E-state index contributed by atoms with van der Waals surface area (Å²) in [6.45, 7) is 3.41. The number of carbonyl (C=O) groups is 1. The maximum absolute atomic E-state index is 12.7. The van der Waals surface area contributed by atoms with Gasteiger partial charge in [-0.1, -0.05) is 11.6 Å². The minimum absolute atomic E-state index is 0.103. The van der Waals surface area contributed by atoms with Gasteiger partial charge in [0.2, 0.25) is 10.0 Å². The van der Waals surface area contributed by atoms with Gasteiger partial charge in [-0.15, -0.1) is 0 Å². The van der Waals surface area contributed by atoms with Crippen molar-refractivity contribution in [1.29, 1.82) is 0 Å². The summed E-state index contributed by atoms with van der Waals surface area (Å²) in [6.07, 6.45) is 3.69. The molecule has 1 amide bonds. The molecule has 1 N–H and O–H groups in total. The summed E-state index contributed by atoms with van der Waals surface area (Å²) in [5.41, 5.74) is 4.81. The third kappa shape index (κ3) is 4.15. The lowest BCUT2D eigenvalue weighted by molar-refractivity contribution is 0.0730. The molecule has 0 spiro atoms. The number of benzene rings is 1. The van der Waals surface area contributed by atoms with E-state index in [1.165, 1.54) is 22.0 Å². The van der Waals surface area contributed by atoms with Crippen LogP contribution < -0.4 is 5.43 Å². The first-order valence-electron chi connectivity index (χ1n) is 8.19. The zero-order chi connectivity index (χ0) is 17.9. The largest absolute Gasteiger partial charge is 0.379 e. The van der Waals surface area contributed by atoms with Gasteiger partial charge in [0.15, 0.2) is 0 Å². The lowest BCUT2D eigenvalue weighted by Crippen LogP contribution is -2.40. The lowest BCUT2D eigenvalue weighted by Gasteiger charge is -2.26. The fourth-order valence-corrected chi connectivity index (χ4v) is 4.22. The molecule has 8 heteroatoms. The Morgan fingerprint density at radius 1 is 1.24 bits per heavy atom. The van der Waals surface area contributed by atoms with Crippen LogP contribution in [0.5, 0.6) is 0 Å². The quantitative estimate of drug-likeness (QED) is 0.822. The van der Waals surface area contributed by atoms with Crippen molar-refractivity contribution in [1.82, 2.24) is 9.73 Å². The molecule has 25 heavy (non-hydrogen) atoms. The van der Waals surface area contributed by atoms with Crippen molar-refractivity contribution < 1.29 is 17.9 Å². The summed E-state index contributed by atoms with van der Waals surface area (Å²) in [7, 11) is -3.63. The summed E-state index contributed by atoms with van der Waals surface area (Å²) < 4.78 is 31.9. The number of amides is 1. The third-order valence-electron chi connectivity index (χ3n) is 4.19. The van der Waals surface area contributed by atoms with Crippen LogP contribution in [0.1, 0.15) is 30.1 Å². The first-order chi connectivity index (χ1) is 12.0. The number of hydrogen-bond acceptors (Lipinski definition) is 5. The van der Waals surface area contributed by atoms with Crippen LogP contribution in [0, 0.1) is 0 Å². The van der Waals surface area contributed by atoms with Crippen molar-refractivity contribution in [3.63, 3.8) is 0 Å². The standard InChI is InChI=1S/C17H21N3O4S/c1-13-5-6-15(11-13)18-19-17(21)14-3-2-4-16(12-14)25(22,23)20-7-9-24-10-8-20/h2-4,11-12H,5-10H2,1H3,(H,19,21). The number of allylic oxidation sites excluding steroid dienone is 2. The molecule has 1 aliphatic carbocycles. The molecule has 1 fully saturated rings. The number of hydrazone groups is 1. The van der Waals surface area contributed by atoms with Crippen LogP contribution in [0.3, 0.4) is 0 Å². The monoisotopic (exact) mass is 363 g/mol. The summed E-state index contributed by atoms with van der Waals surface area (Å²) in [4.78, 5) is 12.4. The van der Waals surface area contributed by atoms with E-state index >= 15 is 0 Å². The van der Waals surface area contributed by atoms with Crippen LogP contribution >= 0.6 is 0 Å². The molecule has 1 aromatic rings. The highest BCUT2D eigenvalue weighted by Crippen LogP contribution is 2.18. The second-order valence-corrected chi connectivity index (χ2v) is 8.02. The Labute approximate surface area is 147 Å². The van der Waals surface area contributed by atoms with Crippen LogP contribution in [0.25, 0.3) is 0 Å². The molecule has 1 heterocycles. The van der Waals surface area contributed by atoms with Crippen molar-refractivity contribution in [2.45, 2.75) is 24.7 Å². The van der Waals surface area contributed by atoms with Crippen molar-refractivity contribution in [3.8, 4) is 0 Å². The fraction of sp³-hybridized carbons (Fsp3) is 0.412. The second kappa shape index (κ2) is 7.47. The Balaban J connectivity index is 1.75. The Bertz CT molecular complexity index is 824. The predicted molar refractivity (Wildman–Crippen MR) is 93.9 cm³/mol. The highest BCUT2D eigenvalue weighted by molar-refractivity contribution is 7.89. The minimum Gasteiger partial charge on any atom is -0.379 e. The molecule has 3 rings (SSSR count). The molecule has 0 aromatic heterocycles. The van der Waals surface area contributed by atoms with Gasteiger partial charge in [-0.05, 0) is 44.0 Å². The van der Waals surface area contributed by atoms with Gasteiger partial charge in [0.25, 0.3) is 5.91 Å². The number of sulfonamides is 1. The maximum atomic E-state index is 12.7. The molecule has 1 aromatic carbocycles. The number of nitrogens with zero attached hydrogens (tertiary/aromatic N) is 2. The number of ether oxygens (including phenoxy) is 1. The Morgan fingerprint density at radius 2 is 2.00 bits per heavy atom. The molecular weight excluding hydrogens is 342 g/mol. The summed E-state index contributed by atoms with van der Waals surface area (Å²) >= 11 is 0. The molecule has 0 saturated carbocycles. The van der Waals surface area contributed by atoms with Gasteiger partial charge in [-0.3, -0.25) is 4.79 Å². The molecule has 0 bridgehead atoms. The van der Waals surface area contributed by atoms with E-state index < -0.39 is 15.9 Å². The van der Waals surface area contributed by atoms with E-state index in [4.69, 9.17) is 4.74 Å². The molecule has 0 unspecified atom stereocenters. The van der Waals surface area contributed by atoms with E-state index in [1.54, 1.807) is 12.1 Å². The van der Waals surface area contributed by atoms with E-state index in [0.717, 1.165) is 18.6 Å². The third-order valence-corrected chi connectivity index (χ3v) is 6.09. The number of hydrogen-bond donors (Lipinski definition) is 1. The SMILES string of the molecule is CC1=CC(=NNC(=O)c2cccc(S(=O)(=O)N3CCOCC3)c2)CC1. The van der Waals surface area contributed by atoms with E-state index in [2.05, 4.69) is 10.5 Å². The first kappa shape index (κ1) is 17.8. The van der Waals surface area contributed by atoms with E-state index in [-0.39, 0.29) is 10.5 Å². The number of carbonyl (C=O) groups excluding carboxylic acids is 1. The van der Waals surface area contributed by atoms with Crippen molar-refractivity contribution in [2.75, 3.05) is 26.3 Å². The van der Waals surface area contributed by atoms with Gasteiger partial charge >= 0.3 is 0 Å². The maximum Gasteiger partial charge on any atom is 0.271 e. The Hall–Kier alpha value is -2.03. The van der Waals surface area contributed by atoms with Crippen LogP contribution in [0.2, 0.25) is 0 Å².